The Kier molecular flexibility index (Phi) is 23.0. The molecule has 3 aromatic rings. The van der Waals surface area contributed by atoms with Gasteiger partial charge < -0.3 is 58.2 Å². The Morgan fingerprint density at radius 2 is 1.35 bits per heavy atom. The molecule has 478 valence electrons. The molecule has 3 aromatic carbocycles. The van der Waals surface area contributed by atoms with E-state index < -0.39 is 131 Å². The zero-order chi connectivity index (χ0) is 63.2. The number of ether oxygens (including phenoxy) is 9. The molecule has 2 aliphatic heterocycles. The number of aliphatic hydroxyl groups is 2. The highest BCUT2D eigenvalue weighted by atomic mass is 16.8. The van der Waals surface area contributed by atoms with Crippen LogP contribution in [0.15, 0.2) is 114 Å². The van der Waals surface area contributed by atoms with Crippen LogP contribution in [0.25, 0.3) is 0 Å². The highest BCUT2D eigenvalue weighted by molar-refractivity contribution is 5.96. The second-order valence-electron chi connectivity index (χ2n) is 24.9. The van der Waals surface area contributed by atoms with Crippen molar-refractivity contribution >= 4 is 41.7 Å². The largest absolute Gasteiger partial charge is 0.509 e. The standard InChI is InChI=1S/C69H89NO18/c1-8-9-10-11-12-13-14-15-16-17-18-19-20-21-31-38-54-80-41-50(84-54)42-81-65(78)86-58(56(47-32-25-22-26-33-47)70-62(75)48-34-27-23-28-35-48)64(77)85-51-40-69(79)61(87-63(76)49-36-29-24-30-37-49)59-67(7,52(73)39-53-68(59,43-82-53)88-46(4)72)60(74)57(83-45(3)71)55(44(51)2)66(69,5)6/h15-16,22-30,32-37,50-54,56-59,61,73,79H,8-14,17-21,31,38-43H2,1-7H3,(H,70,75)/b16-15+/t50?,51-,52-,53+,54?,56-,57+,58+,59?,61-,67+,68-,69+/m0/s1. The second kappa shape index (κ2) is 30.2. The summed E-state index contributed by atoms with van der Waals surface area (Å²) in [5.74, 6) is -7.13. The summed E-state index contributed by atoms with van der Waals surface area (Å²) in [6.07, 6.45) is 6.99. The van der Waals surface area contributed by atoms with E-state index in [9.17, 15) is 34.2 Å². The van der Waals surface area contributed by atoms with Gasteiger partial charge in [-0.1, -0.05) is 151 Å². The molecule has 3 N–H and O–H groups in total. The predicted octanol–water partition coefficient (Wildman–Crippen LogP) is 10.7. The number of hydrogen-bond acceptors (Lipinski definition) is 18. The third-order valence-electron chi connectivity index (χ3n) is 18.6. The number of amides is 1. The summed E-state index contributed by atoms with van der Waals surface area (Å²) >= 11 is 0. The molecule has 2 saturated heterocycles. The summed E-state index contributed by atoms with van der Waals surface area (Å²) in [6.45, 7) is 9.94. The molecule has 4 fully saturated rings. The molecule has 88 heavy (non-hydrogen) atoms. The molecular weight excluding hydrogens is 1130 g/mol. The van der Waals surface area contributed by atoms with Crippen molar-refractivity contribution in [3.8, 4) is 0 Å². The number of nitrogens with one attached hydrogen (secondary N) is 1. The van der Waals surface area contributed by atoms with Crippen LogP contribution in [0, 0.1) is 16.7 Å². The highest BCUT2D eigenvalue weighted by Gasteiger charge is 2.78. The average molecular weight is 1220 g/mol. The number of hydrogen-bond donors (Lipinski definition) is 3. The van der Waals surface area contributed by atoms with Gasteiger partial charge in [-0.3, -0.25) is 19.2 Å². The predicted molar refractivity (Wildman–Crippen MR) is 322 cm³/mol. The van der Waals surface area contributed by atoms with E-state index in [1.165, 1.54) is 64.5 Å². The van der Waals surface area contributed by atoms with E-state index in [1.54, 1.807) is 92.7 Å². The Labute approximate surface area is 516 Å². The monoisotopic (exact) mass is 1220 g/mol. The Morgan fingerprint density at radius 3 is 1.95 bits per heavy atom. The van der Waals surface area contributed by atoms with E-state index in [4.69, 9.17) is 42.6 Å². The number of ketones is 1. The molecule has 1 amide bonds. The molecule has 2 bridgehead atoms. The van der Waals surface area contributed by atoms with Gasteiger partial charge >= 0.3 is 30.0 Å². The van der Waals surface area contributed by atoms with E-state index in [-0.39, 0.29) is 48.5 Å². The number of aliphatic hydroxyl groups excluding tert-OH is 1. The number of fused-ring (bicyclic) bond motifs is 5. The fourth-order valence-corrected chi connectivity index (χ4v) is 13.7. The Hall–Kier alpha value is -6.77. The van der Waals surface area contributed by atoms with Gasteiger partial charge in [-0.2, -0.15) is 0 Å². The SMILES string of the molecule is CCCCCCCC/C=C/CCCCCCCC1OCC(COC(=O)O[C@@H](C(=O)O[C@H]2C[C@@]3(O)[C@@H](OC(=O)c4ccccc4)C4[C@](C)(C(=O)[C@H](OC(C)=O)C(=C2C)C3(C)C)[C@@H](O)C[C@H]2OC[C@@]42OC(C)=O)[C@@H](NC(=O)c2ccccc2)c2ccccc2)O1. The number of carbonyl (C=O) groups is 7. The first-order valence-electron chi connectivity index (χ1n) is 31.4. The van der Waals surface area contributed by atoms with Gasteiger partial charge in [-0.15, -0.1) is 0 Å². The van der Waals surface area contributed by atoms with Crippen LogP contribution < -0.4 is 5.32 Å². The molecule has 2 saturated carbocycles. The van der Waals surface area contributed by atoms with Gasteiger partial charge in [-0.05, 0) is 93.3 Å². The lowest BCUT2D eigenvalue weighted by Gasteiger charge is -2.67. The Morgan fingerprint density at radius 1 is 0.750 bits per heavy atom. The fourth-order valence-electron chi connectivity index (χ4n) is 13.7. The molecule has 3 aliphatic carbocycles. The molecule has 3 unspecified atom stereocenters. The third-order valence-corrected chi connectivity index (χ3v) is 18.6. The summed E-state index contributed by atoms with van der Waals surface area (Å²) in [4.78, 5) is 101. The van der Waals surface area contributed by atoms with Crippen molar-refractivity contribution < 1.29 is 86.4 Å². The van der Waals surface area contributed by atoms with Crippen LogP contribution in [0.3, 0.4) is 0 Å². The first-order chi connectivity index (χ1) is 42.2. The number of unbranched alkanes of at least 4 members (excludes halogenated alkanes) is 11. The molecule has 19 nitrogen and oxygen atoms in total. The summed E-state index contributed by atoms with van der Waals surface area (Å²) in [6, 6.07) is 22.7. The topological polar surface area (TPSA) is 255 Å². The minimum Gasteiger partial charge on any atom is -0.455 e. The summed E-state index contributed by atoms with van der Waals surface area (Å²) in [7, 11) is 0. The van der Waals surface area contributed by atoms with Crippen molar-refractivity contribution in [3.63, 3.8) is 0 Å². The molecule has 19 heteroatoms. The number of esters is 4. The molecule has 8 rings (SSSR count). The second-order valence-corrected chi connectivity index (χ2v) is 24.9. The number of rotatable bonds is 28. The normalized spacial score (nSPS) is 28.5. The Balaban J connectivity index is 1.06. The number of carbonyl (C=O) groups excluding carboxylic acids is 7. The van der Waals surface area contributed by atoms with E-state index in [1.807, 2.05) is 0 Å². The lowest BCUT2D eigenvalue weighted by Crippen LogP contribution is -2.82. The van der Waals surface area contributed by atoms with Gasteiger partial charge in [0.05, 0.1) is 36.2 Å². The molecule has 5 aliphatic rings. The molecule has 0 aromatic heterocycles. The van der Waals surface area contributed by atoms with E-state index in [0.717, 1.165) is 58.8 Å². The summed E-state index contributed by atoms with van der Waals surface area (Å²) < 4.78 is 54.7. The third kappa shape index (κ3) is 15.1. The first-order valence-corrected chi connectivity index (χ1v) is 31.4. The summed E-state index contributed by atoms with van der Waals surface area (Å²) in [5.41, 5.74) is -7.59. The highest BCUT2D eigenvalue weighted by Crippen LogP contribution is 2.64. The first kappa shape index (κ1) is 67.2. The Bertz CT molecular complexity index is 2950. The van der Waals surface area contributed by atoms with Crippen LogP contribution in [0.4, 0.5) is 4.79 Å². The molecule has 0 radical (unpaired) electrons. The van der Waals surface area contributed by atoms with E-state index >= 15 is 9.59 Å². The van der Waals surface area contributed by atoms with Gasteiger partial charge in [-0.25, -0.2) is 14.4 Å². The quantitative estimate of drug-likeness (QED) is 0.0264. The molecule has 0 spiro atoms. The maximum Gasteiger partial charge on any atom is 0.509 e. The van der Waals surface area contributed by atoms with Gasteiger partial charge in [0.1, 0.15) is 42.7 Å². The van der Waals surface area contributed by atoms with Crippen LogP contribution >= 0.6 is 0 Å². The smallest absolute Gasteiger partial charge is 0.455 e. The van der Waals surface area contributed by atoms with Crippen molar-refractivity contribution in [1.82, 2.24) is 5.32 Å². The van der Waals surface area contributed by atoms with Gasteiger partial charge in [0, 0.05) is 37.7 Å². The van der Waals surface area contributed by atoms with Crippen LogP contribution in [-0.2, 0) is 61.8 Å². The number of allylic oxidation sites excluding steroid dienone is 2. The van der Waals surface area contributed by atoms with Crippen molar-refractivity contribution in [2.24, 2.45) is 16.7 Å². The fraction of sp³-hybridized carbons (Fsp3) is 0.580. The zero-order valence-corrected chi connectivity index (χ0v) is 51.9. The maximum absolute atomic E-state index is 15.9. The molecule has 2 heterocycles. The van der Waals surface area contributed by atoms with Crippen molar-refractivity contribution in [2.45, 2.75) is 217 Å². The minimum absolute atomic E-state index is 0.0405. The minimum atomic E-state index is -2.49. The van der Waals surface area contributed by atoms with Gasteiger partial charge in [0.15, 0.2) is 23.8 Å². The van der Waals surface area contributed by atoms with Crippen LogP contribution in [0.5, 0.6) is 0 Å². The van der Waals surface area contributed by atoms with Gasteiger partial charge in [0.25, 0.3) is 5.91 Å². The molecular formula is C69H89NO18. The van der Waals surface area contributed by atoms with E-state index in [0.29, 0.717) is 12.0 Å². The average Bonchev–Trinajstić information content (AvgIpc) is 0.828. The zero-order valence-electron chi connectivity index (χ0n) is 51.9. The summed E-state index contributed by atoms with van der Waals surface area (Å²) in [5, 5.41) is 29.3. The molecule has 13 atom stereocenters. The van der Waals surface area contributed by atoms with Crippen LogP contribution in [0.2, 0.25) is 0 Å². The number of benzene rings is 3. The van der Waals surface area contributed by atoms with Crippen molar-refractivity contribution in [2.75, 3.05) is 19.8 Å². The van der Waals surface area contributed by atoms with E-state index in [2.05, 4.69) is 24.4 Å². The van der Waals surface area contributed by atoms with Gasteiger partial charge in [0.2, 0.25) is 6.10 Å². The maximum atomic E-state index is 15.9. The van der Waals surface area contributed by atoms with Crippen LogP contribution in [0.1, 0.15) is 184 Å². The lowest BCUT2D eigenvalue weighted by atomic mass is 9.44. The van der Waals surface area contributed by atoms with Crippen molar-refractivity contribution in [3.05, 3.63) is 131 Å². The lowest BCUT2D eigenvalue weighted by molar-refractivity contribution is -0.346. The van der Waals surface area contributed by atoms with Crippen LogP contribution in [-0.4, -0.2) is 132 Å². The number of Topliss-reactive ketones (excluding diaryl/α,β-unsaturated/α-hetero) is 1. The van der Waals surface area contributed by atoms with Crippen molar-refractivity contribution in [1.29, 1.82) is 0 Å².